The summed E-state index contributed by atoms with van der Waals surface area (Å²) < 4.78 is 0. The summed E-state index contributed by atoms with van der Waals surface area (Å²) >= 11 is 0. The highest BCUT2D eigenvalue weighted by Gasteiger charge is 2.47. The predicted octanol–water partition coefficient (Wildman–Crippen LogP) is 5.16. The van der Waals surface area contributed by atoms with Crippen LogP contribution in [0.2, 0.25) is 0 Å². The molecule has 2 heterocycles. The van der Waals surface area contributed by atoms with E-state index in [1.54, 1.807) is 0 Å². The average Bonchev–Trinajstić information content (AvgIpc) is 3.31. The lowest BCUT2D eigenvalue weighted by molar-refractivity contribution is -0.138. The van der Waals surface area contributed by atoms with E-state index in [-0.39, 0.29) is 29.8 Å². The van der Waals surface area contributed by atoms with Crippen LogP contribution in [0.5, 0.6) is 0 Å². The number of carbonyl (C=O) groups is 2. The topological polar surface area (TPSA) is 61.4 Å². The minimum atomic E-state index is -0.142. The van der Waals surface area contributed by atoms with Gasteiger partial charge in [-0.3, -0.25) is 9.59 Å². The highest BCUT2D eigenvalue weighted by Crippen LogP contribution is 2.48. The van der Waals surface area contributed by atoms with E-state index in [1.165, 1.54) is 11.3 Å². The fourth-order valence-corrected chi connectivity index (χ4v) is 6.33. The molecule has 5 nitrogen and oxygen atoms in total. The predicted molar refractivity (Wildman–Crippen MR) is 131 cm³/mol. The monoisotopic (exact) mass is 445 g/mol. The number of anilines is 1. The van der Waals surface area contributed by atoms with Gasteiger partial charge in [0.15, 0.2) is 0 Å². The maximum atomic E-state index is 14.0. The molecule has 5 atom stereocenters. The fourth-order valence-electron chi connectivity index (χ4n) is 6.33. The Kier molecular flexibility index (Phi) is 6.39. The molecular formula is C28H35N3O2. The highest BCUT2D eigenvalue weighted by atomic mass is 16.2. The van der Waals surface area contributed by atoms with E-state index in [4.69, 9.17) is 0 Å². The minimum Gasteiger partial charge on any atom is -0.382 e. The van der Waals surface area contributed by atoms with E-state index < -0.39 is 0 Å². The Balaban J connectivity index is 1.38. The van der Waals surface area contributed by atoms with Gasteiger partial charge in [-0.25, -0.2) is 0 Å². The molecule has 2 fully saturated rings. The third kappa shape index (κ3) is 4.25. The Bertz CT molecular complexity index is 992. The molecule has 2 aromatic carbocycles. The quantitative estimate of drug-likeness (QED) is 0.668. The smallest absolute Gasteiger partial charge is 0.251 e. The van der Waals surface area contributed by atoms with E-state index in [2.05, 4.69) is 46.7 Å². The minimum absolute atomic E-state index is 0.0742. The lowest BCUT2D eigenvalue weighted by Gasteiger charge is -2.42. The van der Waals surface area contributed by atoms with Crippen LogP contribution in [0.4, 0.5) is 5.69 Å². The molecule has 0 radical (unpaired) electrons. The molecule has 2 aliphatic heterocycles. The van der Waals surface area contributed by atoms with Gasteiger partial charge in [-0.1, -0.05) is 62.6 Å². The number of nitrogens with zero attached hydrogens (tertiary/aromatic N) is 1. The van der Waals surface area contributed by atoms with Crippen molar-refractivity contribution in [3.8, 4) is 0 Å². The van der Waals surface area contributed by atoms with Gasteiger partial charge in [0.2, 0.25) is 5.91 Å². The van der Waals surface area contributed by atoms with E-state index in [9.17, 15) is 9.59 Å². The van der Waals surface area contributed by atoms with Gasteiger partial charge >= 0.3 is 0 Å². The first-order valence-electron chi connectivity index (χ1n) is 12.7. The second kappa shape index (κ2) is 9.58. The van der Waals surface area contributed by atoms with Crippen molar-refractivity contribution < 1.29 is 9.59 Å². The SMILES string of the molecule is CCCC1Nc2ccccc2C2C1CCN2C(=O)[C@H]1CCCC[C@H]1NC(=O)c1ccccc1. The summed E-state index contributed by atoms with van der Waals surface area (Å²) in [7, 11) is 0. The Labute approximate surface area is 196 Å². The first kappa shape index (κ1) is 22.0. The van der Waals surface area contributed by atoms with E-state index in [1.807, 2.05) is 30.3 Å². The summed E-state index contributed by atoms with van der Waals surface area (Å²) in [6.45, 7) is 3.04. The van der Waals surface area contributed by atoms with Gasteiger partial charge in [-0.15, -0.1) is 0 Å². The molecule has 0 bridgehead atoms. The number of carbonyl (C=O) groups excluding carboxylic acids is 2. The zero-order chi connectivity index (χ0) is 22.8. The molecule has 0 spiro atoms. The zero-order valence-electron chi connectivity index (χ0n) is 19.5. The molecule has 2 N–H and O–H groups in total. The molecule has 3 aliphatic rings. The lowest BCUT2D eigenvalue weighted by atomic mass is 9.80. The molecule has 174 valence electrons. The van der Waals surface area contributed by atoms with Crippen LogP contribution in [-0.4, -0.2) is 35.3 Å². The van der Waals surface area contributed by atoms with Crippen LogP contribution in [0.25, 0.3) is 0 Å². The fraction of sp³-hybridized carbons (Fsp3) is 0.500. The largest absolute Gasteiger partial charge is 0.382 e. The summed E-state index contributed by atoms with van der Waals surface area (Å²) in [5, 5.41) is 6.98. The molecule has 2 amide bonds. The van der Waals surface area contributed by atoms with Gasteiger partial charge in [-0.05, 0) is 49.4 Å². The van der Waals surface area contributed by atoms with Crippen molar-refractivity contribution in [3.63, 3.8) is 0 Å². The second-order valence-corrected chi connectivity index (χ2v) is 9.89. The van der Waals surface area contributed by atoms with Crippen LogP contribution in [0.3, 0.4) is 0 Å². The average molecular weight is 446 g/mol. The van der Waals surface area contributed by atoms with Crippen molar-refractivity contribution in [2.75, 3.05) is 11.9 Å². The third-order valence-electron chi connectivity index (χ3n) is 7.90. The normalized spacial score (nSPS) is 28.4. The van der Waals surface area contributed by atoms with Crippen LogP contribution in [0, 0.1) is 11.8 Å². The number of amides is 2. The Hall–Kier alpha value is -2.82. The molecular weight excluding hydrogens is 410 g/mol. The van der Waals surface area contributed by atoms with E-state index in [0.29, 0.717) is 17.5 Å². The van der Waals surface area contributed by atoms with E-state index >= 15 is 0 Å². The van der Waals surface area contributed by atoms with Crippen LogP contribution in [-0.2, 0) is 4.79 Å². The Morgan fingerprint density at radius 3 is 2.58 bits per heavy atom. The standard InChI is InChI=1S/C28H35N3O2/c1-2-10-23-21-17-18-31(26(21)20-13-6-8-15-24(20)29-23)28(33)22-14-7-9-16-25(22)30-27(32)19-11-4-3-5-12-19/h3-6,8,11-13,15,21-23,25-26,29H,2,7,9-10,14,16-18H2,1H3,(H,30,32)/t21?,22-,23?,25+,26?/m0/s1. The maximum absolute atomic E-state index is 14.0. The number of nitrogens with one attached hydrogen (secondary N) is 2. The molecule has 3 unspecified atom stereocenters. The van der Waals surface area contributed by atoms with E-state index in [0.717, 1.165) is 51.5 Å². The molecule has 2 aromatic rings. The summed E-state index contributed by atoms with van der Waals surface area (Å²) in [5.41, 5.74) is 3.08. The molecule has 33 heavy (non-hydrogen) atoms. The number of likely N-dealkylation sites (tertiary alicyclic amines) is 1. The number of rotatable bonds is 5. The summed E-state index contributed by atoms with van der Waals surface area (Å²) in [6.07, 6.45) is 7.12. The number of hydrogen-bond acceptors (Lipinski definition) is 3. The molecule has 1 saturated heterocycles. The molecule has 0 aromatic heterocycles. The zero-order valence-corrected chi connectivity index (χ0v) is 19.5. The van der Waals surface area contributed by atoms with Crippen molar-refractivity contribution in [1.82, 2.24) is 10.2 Å². The Morgan fingerprint density at radius 1 is 1.00 bits per heavy atom. The van der Waals surface area contributed by atoms with Gasteiger partial charge < -0.3 is 15.5 Å². The van der Waals surface area contributed by atoms with Crippen molar-refractivity contribution in [3.05, 3.63) is 65.7 Å². The first-order chi connectivity index (χ1) is 16.2. The summed E-state index contributed by atoms with van der Waals surface area (Å²) in [5.74, 6) is 0.462. The second-order valence-electron chi connectivity index (χ2n) is 9.89. The van der Waals surface area contributed by atoms with Crippen molar-refractivity contribution in [1.29, 1.82) is 0 Å². The van der Waals surface area contributed by atoms with Crippen molar-refractivity contribution in [2.45, 2.75) is 70.0 Å². The van der Waals surface area contributed by atoms with Gasteiger partial charge in [0.1, 0.15) is 0 Å². The highest BCUT2D eigenvalue weighted by molar-refractivity contribution is 5.94. The van der Waals surface area contributed by atoms with Gasteiger partial charge in [0, 0.05) is 35.8 Å². The number of fused-ring (bicyclic) bond motifs is 3. The summed E-state index contributed by atoms with van der Waals surface area (Å²) in [4.78, 5) is 29.0. The van der Waals surface area contributed by atoms with Crippen LogP contribution < -0.4 is 10.6 Å². The third-order valence-corrected chi connectivity index (χ3v) is 7.90. The number of benzene rings is 2. The van der Waals surface area contributed by atoms with Gasteiger partial charge in [0.25, 0.3) is 5.91 Å². The molecule has 1 aliphatic carbocycles. The van der Waals surface area contributed by atoms with Crippen LogP contribution in [0.15, 0.2) is 54.6 Å². The maximum Gasteiger partial charge on any atom is 0.251 e. The molecule has 5 rings (SSSR count). The van der Waals surface area contributed by atoms with Gasteiger partial charge in [0.05, 0.1) is 12.0 Å². The van der Waals surface area contributed by atoms with Crippen LogP contribution in [0.1, 0.15) is 73.8 Å². The van der Waals surface area contributed by atoms with Gasteiger partial charge in [-0.2, -0.15) is 0 Å². The Morgan fingerprint density at radius 2 is 1.76 bits per heavy atom. The van der Waals surface area contributed by atoms with Crippen molar-refractivity contribution >= 4 is 17.5 Å². The number of para-hydroxylation sites is 1. The number of hydrogen-bond donors (Lipinski definition) is 2. The molecule has 1 saturated carbocycles. The van der Waals surface area contributed by atoms with Crippen molar-refractivity contribution in [2.24, 2.45) is 11.8 Å². The summed E-state index contributed by atoms with van der Waals surface area (Å²) in [6, 6.07) is 18.3. The van der Waals surface area contributed by atoms with Crippen LogP contribution >= 0.6 is 0 Å². The first-order valence-corrected chi connectivity index (χ1v) is 12.7. The molecule has 5 heteroatoms. The lowest BCUT2D eigenvalue weighted by Crippen LogP contribution is -2.50.